The number of hydrogen-bond acceptors (Lipinski definition) is 3. The first-order valence-electron chi connectivity index (χ1n) is 6.29. The molecule has 2 rings (SSSR count). The molecule has 1 aliphatic rings. The van der Waals surface area contributed by atoms with Gasteiger partial charge in [-0.2, -0.15) is 0 Å². The molecule has 0 saturated heterocycles. The van der Waals surface area contributed by atoms with E-state index in [1.807, 2.05) is 38.3 Å². The Morgan fingerprint density at radius 3 is 2.80 bits per heavy atom. The first-order chi connectivity index (χ1) is 9.11. The second-order valence-electron chi connectivity index (χ2n) is 4.53. The molecule has 5 heteroatoms. The van der Waals surface area contributed by atoms with E-state index in [2.05, 4.69) is 14.7 Å². The minimum atomic E-state index is -0.185. The Balaban J connectivity index is 0.00000200. The largest absolute Gasteiger partial charge is 0.469 e. The summed E-state index contributed by atoms with van der Waals surface area (Å²) in [5.41, 5.74) is 5.25. The maximum Gasteiger partial charge on any atom is 0.305 e. The van der Waals surface area contributed by atoms with E-state index in [-0.39, 0.29) is 23.0 Å². The molecule has 0 fully saturated rings. The SMILES string of the molecule is Br.COC(=O)CCC1=C(C)/C(=C/c2ccc[nH]2)N=C1C. The highest BCUT2D eigenvalue weighted by atomic mass is 79.9. The van der Waals surface area contributed by atoms with Crippen LogP contribution >= 0.6 is 17.0 Å². The highest BCUT2D eigenvalue weighted by molar-refractivity contribution is 8.93. The molecule has 0 aromatic carbocycles. The molecular formula is C15H19BrN2O2. The molecule has 0 aliphatic carbocycles. The number of methoxy groups -OCH3 is 1. The fraction of sp³-hybridized carbons (Fsp3) is 0.333. The predicted octanol–water partition coefficient (Wildman–Crippen LogP) is 3.68. The van der Waals surface area contributed by atoms with Crippen molar-refractivity contribution in [2.24, 2.45) is 4.99 Å². The Hall–Kier alpha value is -1.62. The number of halogens is 1. The van der Waals surface area contributed by atoms with E-state index >= 15 is 0 Å². The highest BCUT2D eigenvalue weighted by Crippen LogP contribution is 2.29. The number of aromatic amines is 1. The van der Waals surface area contributed by atoms with Crippen molar-refractivity contribution in [2.45, 2.75) is 26.7 Å². The van der Waals surface area contributed by atoms with Crippen molar-refractivity contribution in [1.82, 2.24) is 4.98 Å². The van der Waals surface area contributed by atoms with Crippen molar-refractivity contribution in [1.29, 1.82) is 0 Å². The van der Waals surface area contributed by atoms with Gasteiger partial charge in [0.2, 0.25) is 0 Å². The summed E-state index contributed by atoms with van der Waals surface area (Å²) in [6.45, 7) is 4.02. The van der Waals surface area contributed by atoms with Gasteiger partial charge in [-0.15, -0.1) is 17.0 Å². The molecule has 0 spiro atoms. The molecule has 1 aromatic heterocycles. The van der Waals surface area contributed by atoms with Gasteiger partial charge in [-0.3, -0.25) is 9.79 Å². The van der Waals surface area contributed by atoms with Crippen molar-refractivity contribution < 1.29 is 9.53 Å². The Morgan fingerprint density at radius 2 is 2.20 bits per heavy atom. The quantitative estimate of drug-likeness (QED) is 0.851. The van der Waals surface area contributed by atoms with E-state index in [9.17, 15) is 4.79 Å². The minimum absolute atomic E-state index is 0. The smallest absolute Gasteiger partial charge is 0.305 e. The molecule has 0 bridgehead atoms. The number of aliphatic imine (C=N–C) groups is 1. The normalized spacial score (nSPS) is 16.1. The van der Waals surface area contributed by atoms with Gasteiger partial charge in [0.25, 0.3) is 0 Å². The second-order valence-corrected chi connectivity index (χ2v) is 4.53. The van der Waals surface area contributed by atoms with Gasteiger partial charge >= 0.3 is 5.97 Å². The van der Waals surface area contributed by atoms with Crippen molar-refractivity contribution in [3.05, 3.63) is 40.9 Å². The molecular weight excluding hydrogens is 320 g/mol. The lowest BCUT2D eigenvalue weighted by atomic mass is 10.0. The number of aromatic nitrogens is 1. The topological polar surface area (TPSA) is 54.5 Å². The number of nitrogens with zero attached hydrogens (tertiary/aromatic N) is 1. The van der Waals surface area contributed by atoms with E-state index in [4.69, 9.17) is 0 Å². The Labute approximate surface area is 129 Å². The van der Waals surface area contributed by atoms with E-state index in [1.165, 1.54) is 7.11 Å². The van der Waals surface area contributed by atoms with Crippen LogP contribution in [0.4, 0.5) is 0 Å². The summed E-state index contributed by atoms with van der Waals surface area (Å²) in [6, 6.07) is 3.95. The summed E-state index contributed by atoms with van der Waals surface area (Å²) in [4.78, 5) is 18.9. The Bertz CT molecular complexity index is 569. The minimum Gasteiger partial charge on any atom is -0.469 e. The van der Waals surface area contributed by atoms with Crippen LogP contribution in [0, 0.1) is 0 Å². The number of allylic oxidation sites excluding steroid dienone is 2. The average Bonchev–Trinajstić information content (AvgIpc) is 2.98. The summed E-state index contributed by atoms with van der Waals surface area (Å²) in [5.74, 6) is -0.185. The summed E-state index contributed by atoms with van der Waals surface area (Å²) < 4.78 is 4.67. The summed E-state index contributed by atoms with van der Waals surface area (Å²) in [6.07, 6.45) is 4.97. The molecule has 20 heavy (non-hydrogen) atoms. The lowest BCUT2D eigenvalue weighted by Crippen LogP contribution is -2.03. The fourth-order valence-electron chi connectivity index (χ4n) is 2.18. The third-order valence-corrected chi connectivity index (χ3v) is 3.28. The standard InChI is InChI=1S/C15H18N2O2.BrH/c1-10-13(6-7-15(18)19-3)11(2)17-14(10)9-12-5-4-8-16-12;/h4-5,8-9,16H,6-7H2,1-3H3;1H/b14-9-;. The second kappa shape index (κ2) is 7.24. The number of ether oxygens (including phenoxy) is 1. The molecule has 108 valence electrons. The highest BCUT2D eigenvalue weighted by Gasteiger charge is 2.18. The van der Waals surface area contributed by atoms with Crippen molar-refractivity contribution in [2.75, 3.05) is 7.11 Å². The Kier molecular flexibility index (Phi) is 5.95. The van der Waals surface area contributed by atoms with Gasteiger partial charge in [-0.05, 0) is 49.6 Å². The zero-order valence-corrected chi connectivity index (χ0v) is 13.6. The molecule has 0 radical (unpaired) electrons. The zero-order chi connectivity index (χ0) is 13.8. The first kappa shape index (κ1) is 16.4. The maximum atomic E-state index is 11.2. The van der Waals surface area contributed by atoms with Crippen LogP contribution in [-0.4, -0.2) is 23.8 Å². The molecule has 4 nitrogen and oxygen atoms in total. The van der Waals surface area contributed by atoms with Gasteiger partial charge in [0.1, 0.15) is 0 Å². The number of carbonyl (C=O) groups excluding carboxylic acids is 1. The van der Waals surface area contributed by atoms with Gasteiger partial charge in [0.05, 0.1) is 12.8 Å². The molecule has 1 aliphatic heterocycles. The fourth-order valence-corrected chi connectivity index (χ4v) is 2.18. The van der Waals surface area contributed by atoms with E-state index in [0.29, 0.717) is 12.8 Å². The third kappa shape index (κ3) is 3.70. The van der Waals surface area contributed by atoms with Crippen LogP contribution in [0.25, 0.3) is 6.08 Å². The number of hydrogen-bond donors (Lipinski definition) is 1. The van der Waals surface area contributed by atoms with Crippen LogP contribution in [0.1, 0.15) is 32.4 Å². The van der Waals surface area contributed by atoms with Crippen LogP contribution in [-0.2, 0) is 9.53 Å². The molecule has 0 atom stereocenters. The van der Waals surface area contributed by atoms with Crippen molar-refractivity contribution in [3.8, 4) is 0 Å². The molecule has 0 unspecified atom stereocenters. The summed E-state index contributed by atoms with van der Waals surface area (Å²) >= 11 is 0. The molecule has 2 heterocycles. The monoisotopic (exact) mass is 338 g/mol. The van der Waals surface area contributed by atoms with E-state index in [1.54, 1.807) is 0 Å². The predicted molar refractivity (Wildman–Crippen MR) is 86.2 cm³/mol. The van der Waals surface area contributed by atoms with Gasteiger partial charge in [-0.25, -0.2) is 0 Å². The van der Waals surface area contributed by atoms with Crippen molar-refractivity contribution in [3.63, 3.8) is 0 Å². The van der Waals surface area contributed by atoms with Crippen molar-refractivity contribution >= 4 is 34.7 Å². The van der Waals surface area contributed by atoms with Gasteiger partial charge in [0, 0.05) is 24.0 Å². The number of nitrogens with one attached hydrogen (secondary N) is 1. The lowest BCUT2D eigenvalue weighted by molar-refractivity contribution is -0.140. The zero-order valence-electron chi connectivity index (χ0n) is 11.9. The average molecular weight is 339 g/mol. The van der Waals surface area contributed by atoms with Crippen LogP contribution in [0.3, 0.4) is 0 Å². The molecule has 1 N–H and O–H groups in total. The van der Waals surface area contributed by atoms with Gasteiger partial charge < -0.3 is 9.72 Å². The van der Waals surface area contributed by atoms with Crippen LogP contribution in [0.15, 0.2) is 40.2 Å². The van der Waals surface area contributed by atoms with Crippen LogP contribution in [0.5, 0.6) is 0 Å². The lowest BCUT2D eigenvalue weighted by Gasteiger charge is -2.03. The van der Waals surface area contributed by atoms with E-state index < -0.39 is 0 Å². The maximum absolute atomic E-state index is 11.2. The first-order valence-corrected chi connectivity index (χ1v) is 6.29. The number of H-pyrrole nitrogens is 1. The van der Waals surface area contributed by atoms with E-state index in [0.717, 1.165) is 28.2 Å². The van der Waals surface area contributed by atoms with Gasteiger partial charge in [-0.1, -0.05) is 0 Å². The van der Waals surface area contributed by atoms with Crippen LogP contribution in [0.2, 0.25) is 0 Å². The number of rotatable bonds is 4. The molecule has 0 saturated carbocycles. The summed E-state index contributed by atoms with van der Waals surface area (Å²) in [7, 11) is 1.41. The summed E-state index contributed by atoms with van der Waals surface area (Å²) in [5, 5.41) is 0. The third-order valence-electron chi connectivity index (χ3n) is 3.28. The van der Waals surface area contributed by atoms with Crippen LogP contribution < -0.4 is 0 Å². The molecule has 1 aromatic rings. The van der Waals surface area contributed by atoms with Gasteiger partial charge in [0.15, 0.2) is 0 Å². The Morgan fingerprint density at radius 1 is 1.45 bits per heavy atom. The molecule has 0 amide bonds. The number of carbonyl (C=O) groups is 1. The number of esters is 1.